The van der Waals surface area contributed by atoms with Crippen molar-refractivity contribution in [2.75, 3.05) is 5.73 Å². The van der Waals surface area contributed by atoms with Crippen LogP contribution in [-0.4, -0.2) is 9.55 Å². The Kier molecular flexibility index (Phi) is 3.54. The molecule has 1 heterocycles. The van der Waals surface area contributed by atoms with E-state index in [-0.39, 0.29) is 5.54 Å². The quantitative estimate of drug-likeness (QED) is 0.842. The number of aromatic nitrogens is 2. The summed E-state index contributed by atoms with van der Waals surface area (Å²) in [6, 6.07) is 5.29. The van der Waals surface area contributed by atoms with E-state index in [9.17, 15) is 0 Å². The van der Waals surface area contributed by atoms with Crippen LogP contribution in [0.2, 0.25) is 10.0 Å². The van der Waals surface area contributed by atoms with E-state index in [1.807, 2.05) is 11.5 Å². The lowest BCUT2D eigenvalue weighted by molar-refractivity contribution is 0.393. The van der Waals surface area contributed by atoms with Gasteiger partial charge >= 0.3 is 0 Å². The van der Waals surface area contributed by atoms with E-state index >= 15 is 0 Å². The van der Waals surface area contributed by atoms with Crippen LogP contribution in [-0.2, 0) is 5.54 Å². The molecule has 102 valence electrons. The summed E-state index contributed by atoms with van der Waals surface area (Å²) < 4.78 is 2.00. The predicted octanol–water partition coefficient (Wildman–Crippen LogP) is 4.50. The van der Waals surface area contributed by atoms with Gasteiger partial charge in [-0.05, 0) is 45.9 Å². The number of benzene rings is 1. The molecule has 1 aromatic heterocycles. The van der Waals surface area contributed by atoms with Crippen LogP contribution in [0, 0.1) is 6.92 Å². The number of rotatable bonds is 1. The molecule has 0 saturated carbocycles. The first-order valence-electron chi connectivity index (χ1n) is 6.02. The summed E-state index contributed by atoms with van der Waals surface area (Å²) in [5.41, 5.74) is 7.55. The Labute approximate surface area is 123 Å². The van der Waals surface area contributed by atoms with Gasteiger partial charge in [-0.2, -0.15) is 0 Å². The fourth-order valence-corrected chi connectivity index (χ4v) is 2.65. The molecule has 0 amide bonds. The van der Waals surface area contributed by atoms with Crippen LogP contribution in [0.4, 0.5) is 5.82 Å². The summed E-state index contributed by atoms with van der Waals surface area (Å²) in [5.74, 6) is 1.46. The molecule has 0 fully saturated rings. The standard InChI is InChI=1S/C14H17Cl2N3/c1-8-18-12(13(17)19(8)14(2,3)4)10-7-9(15)5-6-11(10)16/h5-7H,17H2,1-4H3. The lowest BCUT2D eigenvalue weighted by Gasteiger charge is -2.24. The van der Waals surface area contributed by atoms with Crippen LogP contribution in [0.1, 0.15) is 26.6 Å². The Bertz CT molecular complexity index is 624. The van der Waals surface area contributed by atoms with Gasteiger partial charge in [0.2, 0.25) is 0 Å². The van der Waals surface area contributed by atoms with E-state index in [0.717, 1.165) is 11.4 Å². The van der Waals surface area contributed by atoms with Gasteiger partial charge in [0.25, 0.3) is 0 Å². The van der Waals surface area contributed by atoms with E-state index in [2.05, 4.69) is 25.8 Å². The number of halogens is 2. The number of nitrogen functional groups attached to an aromatic ring is 1. The van der Waals surface area contributed by atoms with Crippen LogP contribution in [0.3, 0.4) is 0 Å². The minimum atomic E-state index is -0.134. The Morgan fingerprint density at radius 1 is 1.21 bits per heavy atom. The third kappa shape index (κ3) is 2.58. The van der Waals surface area contributed by atoms with Gasteiger partial charge in [-0.1, -0.05) is 23.2 Å². The molecule has 0 bridgehead atoms. The number of anilines is 1. The number of hydrogen-bond acceptors (Lipinski definition) is 2. The fourth-order valence-electron chi connectivity index (χ4n) is 2.27. The second kappa shape index (κ2) is 4.73. The van der Waals surface area contributed by atoms with E-state index in [1.54, 1.807) is 18.2 Å². The van der Waals surface area contributed by atoms with E-state index < -0.39 is 0 Å². The summed E-state index contributed by atoms with van der Waals surface area (Å²) in [4.78, 5) is 4.54. The van der Waals surface area contributed by atoms with Crippen molar-refractivity contribution < 1.29 is 0 Å². The third-order valence-corrected chi connectivity index (χ3v) is 3.50. The maximum absolute atomic E-state index is 6.24. The van der Waals surface area contributed by atoms with Crippen LogP contribution in [0.25, 0.3) is 11.3 Å². The zero-order valence-corrected chi connectivity index (χ0v) is 13.0. The molecule has 0 aliphatic rings. The van der Waals surface area contributed by atoms with Crippen molar-refractivity contribution in [3.8, 4) is 11.3 Å². The van der Waals surface area contributed by atoms with Crippen molar-refractivity contribution in [1.82, 2.24) is 9.55 Å². The highest BCUT2D eigenvalue weighted by Crippen LogP contribution is 2.36. The average molecular weight is 298 g/mol. The monoisotopic (exact) mass is 297 g/mol. The molecule has 19 heavy (non-hydrogen) atoms. The molecular weight excluding hydrogens is 281 g/mol. The largest absolute Gasteiger partial charge is 0.383 e. The van der Waals surface area contributed by atoms with Crippen molar-refractivity contribution in [1.29, 1.82) is 0 Å². The zero-order chi connectivity index (χ0) is 14.4. The minimum Gasteiger partial charge on any atom is -0.383 e. The SMILES string of the molecule is Cc1nc(-c2cc(Cl)ccc2Cl)c(N)n1C(C)(C)C. The zero-order valence-electron chi connectivity index (χ0n) is 11.5. The third-order valence-electron chi connectivity index (χ3n) is 2.94. The maximum Gasteiger partial charge on any atom is 0.132 e. The number of hydrogen-bond donors (Lipinski definition) is 1. The smallest absolute Gasteiger partial charge is 0.132 e. The van der Waals surface area contributed by atoms with Gasteiger partial charge in [0, 0.05) is 16.1 Å². The molecule has 0 aliphatic carbocycles. The first-order chi connectivity index (χ1) is 8.71. The Morgan fingerprint density at radius 3 is 2.37 bits per heavy atom. The molecule has 0 saturated heterocycles. The van der Waals surface area contributed by atoms with Crippen molar-refractivity contribution in [2.24, 2.45) is 0 Å². The molecule has 0 aliphatic heterocycles. The van der Waals surface area contributed by atoms with Crippen molar-refractivity contribution >= 4 is 29.0 Å². The summed E-state index contributed by atoms with van der Waals surface area (Å²) in [7, 11) is 0. The molecule has 5 heteroatoms. The van der Waals surface area contributed by atoms with Gasteiger partial charge in [0.1, 0.15) is 17.3 Å². The highest BCUT2D eigenvalue weighted by atomic mass is 35.5. The summed E-state index contributed by atoms with van der Waals surface area (Å²) in [5, 5.41) is 1.21. The molecule has 0 unspecified atom stereocenters. The average Bonchev–Trinajstić information content (AvgIpc) is 2.57. The molecule has 3 nitrogen and oxygen atoms in total. The summed E-state index contributed by atoms with van der Waals surface area (Å²) in [6.45, 7) is 8.19. The van der Waals surface area contributed by atoms with Crippen molar-refractivity contribution in [3.05, 3.63) is 34.1 Å². The molecule has 0 spiro atoms. The highest BCUT2D eigenvalue weighted by Gasteiger charge is 2.23. The first kappa shape index (κ1) is 14.2. The van der Waals surface area contributed by atoms with Gasteiger partial charge in [-0.3, -0.25) is 0 Å². The van der Waals surface area contributed by atoms with Crippen LogP contribution in [0.15, 0.2) is 18.2 Å². The number of nitrogens with zero attached hydrogens (tertiary/aromatic N) is 2. The molecular formula is C14H17Cl2N3. The second-order valence-corrected chi connectivity index (χ2v) is 6.37. The summed E-state index contributed by atoms with van der Waals surface area (Å²) in [6.07, 6.45) is 0. The van der Waals surface area contributed by atoms with Crippen molar-refractivity contribution in [3.63, 3.8) is 0 Å². The highest BCUT2D eigenvalue weighted by molar-refractivity contribution is 6.35. The molecule has 2 rings (SSSR count). The number of aryl methyl sites for hydroxylation is 1. The fraction of sp³-hybridized carbons (Fsp3) is 0.357. The molecule has 1 aromatic carbocycles. The van der Waals surface area contributed by atoms with Gasteiger partial charge in [-0.25, -0.2) is 4.98 Å². The minimum absolute atomic E-state index is 0.134. The van der Waals surface area contributed by atoms with Gasteiger partial charge in [0.15, 0.2) is 0 Å². The van der Waals surface area contributed by atoms with E-state index in [4.69, 9.17) is 28.9 Å². The van der Waals surface area contributed by atoms with Crippen LogP contribution in [0.5, 0.6) is 0 Å². The molecule has 2 aromatic rings. The molecule has 2 N–H and O–H groups in total. The van der Waals surface area contributed by atoms with Gasteiger partial charge in [0.05, 0.1) is 5.02 Å². The van der Waals surface area contributed by atoms with Gasteiger partial charge in [-0.15, -0.1) is 0 Å². The van der Waals surface area contributed by atoms with E-state index in [1.165, 1.54) is 0 Å². The van der Waals surface area contributed by atoms with E-state index in [0.29, 0.717) is 21.6 Å². The van der Waals surface area contributed by atoms with Crippen LogP contribution < -0.4 is 5.73 Å². The Balaban J connectivity index is 2.68. The summed E-state index contributed by atoms with van der Waals surface area (Å²) >= 11 is 12.2. The maximum atomic E-state index is 6.24. The normalized spacial score (nSPS) is 11.9. The first-order valence-corrected chi connectivity index (χ1v) is 6.78. The molecule has 0 atom stereocenters. The van der Waals surface area contributed by atoms with Gasteiger partial charge < -0.3 is 10.3 Å². The molecule has 0 radical (unpaired) electrons. The topological polar surface area (TPSA) is 43.8 Å². The van der Waals surface area contributed by atoms with Crippen LogP contribution >= 0.6 is 23.2 Å². The van der Waals surface area contributed by atoms with Crippen molar-refractivity contribution in [2.45, 2.75) is 33.2 Å². The lowest BCUT2D eigenvalue weighted by Crippen LogP contribution is -2.24. The Hall–Kier alpha value is -1.19. The predicted molar refractivity (Wildman–Crippen MR) is 81.8 cm³/mol. The Morgan fingerprint density at radius 2 is 1.84 bits per heavy atom. The lowest BCUT2D eigenvalue weighted by atomic mass is 10.1. The number of nitrogens with two attached hydrogens (primary N) is 1. The number of imidazole rings is 1. The second-order valence-electron chi connectivity index (χ2n) is 5.52.